The van der Waals surface area contributed by atoms with Gasteiger partial charge in [0.2, 0.25) is 10.0 Å². The summed E-state index contributed by atoms with van der Waals surface area (Å²) in [6, 6.07) is 1.60. The molecule has 1 rings (SSSR count). The Bertz CT molecular complexity index is 551. The minimum atomic E-state index is -3.51. The molecule has 0 aliphatic carbocycles. The molecule has 1 N–H and O–H groups in total. The Morgan fingerprint density at radius 3 is 2.33 bits per heavy atom. The first-order chi connectivity index (χ1) is 9.68. The number of aryl methyl sites for hydroxylation is 1. The molecule has 122 valence electrons. The number of aliphatic hydroxyl groups is 1. The largest absolute Gasteiger partial charge is 0.391 e. The fourth-order valence-electron chi connectivity index (χ4n) is 2.03. The molecule has 21 heavy (non-hydrogen) atoms. The molecule has 0 saturated heterocycles. The van der Waals surface area contributed by atoms with Crippen LogP contribution in [-0.2, 0) is 16.6 Å². The summed E-state index contributed by atoms with van der Waals surface area (Å²) in [5, 5.41) is 9.20. The lowest BCUT2D eigenvalue weighted by Crippen LogP contribution is -2.39. The first kappa shape index (κ1) is 18.6. The maximum Gasteiger partial charge on any atom is 0.244 e. The average molecular weight is 335 g/mol. The van der Waals surface area contributed by atoms with Crippen molar-refractivity contribution in [1.29, 1.82) is 0 Å². The number of hydrogen-bond acceptors (Lipinski definition) is 5. The first-order valence-electron chi connectivity index (χ1n) is 7.03. The van der Waals surface area contributed by atoms with Gasteiger partial charge in [0.05, 0.1) is 11.5 Å². The predicted molar refractivity (Wildman–Crippen MR) is 87.1 cm³/mol. The molecule has 1 aromatic rings. The molecule has 0 aromatic carbocycles. The lowest BCUT2D eigenvalue weighted by molar-refractivity contribution is 0.285. The molecule has 5 nitrogen and oxygen atoms in total. The highest BCUT2D eigenvalue weighted by atomic mass is 32.2. The number of nitrogens with zero attached hydrogens (tertiary/aromatic N) is 2. The molecule has 0 radical (unpaired) electrons. The second kappa shape index (κ2) is 7.69. The van der Waals surface area contributed by atoms with E-state index in [1.165, 1.54) is 11.3 Å². The molecular weight excluding hydrogens is 308 g/mol. The van der Waals surface area contributed by atoms with Crippen LogP contribution < -0.4 is 0 Å². The van der Waals surface area contributed by atoms with Crippen molar-refractivity contribution in [3.05, 3.63) is 15.8 Å². The van der Waals surface area contributed by atoms with Gasteiger partial charge in [-0.15, -0.1) is 11.3 Å². The number of thiophene rings is 1. The van der Waals surface area contributed by atoms with Crippen molar-refractivity contribution in [3.8, 4) is 0 Å². The fourth-order valence-corrected chi connectivity index (χ4v) is 5.08. The van der Waals surface area contributed by atoms with Crippen molar-refractivity contribution < 1.29 is 13.5 Å². The second-order valence-corrected chi connectivity index (χ2v) is 9.10. The molecular formula is C14H26N2O3S2. The maximum atomic E-state index is 12.9. The van der Waals surface area contributed by atoms with E-state index in [9.17, 15) is 13.5 Å². The van der Waals surface area contributed by atoms with Gasteiger partial charge in [-0.2, -0.15) is 4.31 Å². The Morgan fingerprint density at radius 1 is 1.29 bits per heavy atom. The number of hydrogen-bond donors (Lipinski definition) is 1. The van der Waals surface area contributed by atoms with Crippen molar-refractivity contribution in [2.24, 2.45) is 5.92 Å². The molecule has 0 aliphatic rings. The van der Waals surface area contributed by atoms with Crippen molar-refractivity contribution in [2.45, 2.75) is 32.3 Å². The Kier molecular flexibility index (Phi) is 6.80. The SMILES string of the molecule is Cc1sc(CO)cc1S(=O)(=O)N(CCN(C)C)CC(C)C. The quantitative estimate of drug-likeness (QED) is 0.787. The Balaban J connectivity index is 3.09. The molecule has 0 saturated carbocycles. The van der Waals surface area contributed by atoms with E-state index in [2.05, 4.69) is 0 Å². The van der Waals surface area contributed by atoms with Crippen LogP contribution in [0.2, 0.25) is 0 Å². The summed E-state index contributed by atoms with van der Waals surface area (Å²) in [7, 11) is 0.355. The van der Waals surface area contributed by atoms with Crippen molar-refractivity contribution in [1.82, 2.24) is 9.21 Å². The lowest BCUT2D eigenvalue weighted by atomic mass is 10.2. The van der Waals surface area contributed by atoms with Crippen LogP contribution >= 0.6 is 11.3 Å². The zero-order chi connectivity index (χ0) is 16.2. The molecule has 0 amide bonds. The third-order valence-corrected chi connectivity index (χ3v) is 6.22. The minimum absolute atomic E-state index is 0.122. The van der Waals surface area contributed by atoms with Crippen molar-refractivity contribution >= 4 is 21.4 Å². The normalized spacial score (nSPS) is 12.8. The smallest absolute Gasteiger partial charge is 0.244 e. The Hall–Kier alpha value is -0.470. The van der Waals surface area contributed by atoms with Crippen molar-refractivity contribution in [3.63, 3.8) is 0 Å². The summed E-state index contributed by atoms with van der Waals surface area (Å²) >= 11 is 1.34. The van der Waals surface area contributed by atoms with Crippen LogP contribution in [-0.4, -0.2) is 56.5 Å². The van der Waals surface area contributed by atoms with Gasteiger partial charge in [-0.05, 0) is 33.0 Å². The molecule has 0 aliphatic heterocycles. The third kappa shape index (κ3) is 5.03. The Morgan fingerprint density at radius 2 is 1.90 bits per heavy atom. The van der Waals surface area contributed by atoms with Crippen LogP contribution in [0.5, 0.6) is 0 Å². The van der Waals surface area contributed by atoms with Gasteiger partial charge in [-0.3, -0.25) is 0 Å². The summed E-state index contributed by atoms with van der Waals surface area (Å²) in [5.41, 5.74) is 0. The molecule has 7 heteroatoms. The van der Waals surface area contributed by atoms with Crippen LogP contribution in [0.25, 0.3) is 0 Å². The number of sulfonamides is 1. The molecule has 1 heterocycles. The highest BCUT2D eigenvalue weighted by Gasteiger charge is 2.28. The van der Waals surface area contributed by atoms with Crippen LogP contribution in [0.3, 0.4) is 0 Å². The average Bonchev–Trinajstić information content (AvgIpc) is 2.75. The highest BCUT2D eigenvalue weighted by Crippen LogP contribution is 2.28. The second-order valence-electron chi connectivity index (χ2n) is 5.85. The predicted octanol–water partition coefficient (Wildman–Crippen LogP) is 1.76. The molecule has 0 spiro atoms. The summed E-state index contributed by atoms with van der Waals surface area (Å²) in [5.74, 6) is 0.262. The van der Waals surface area contributed by atoms with Crippen LogP contribution in [0.1, 0.15) is 23.6 Å². The maximum absolute atomic E-state index is 12.9. The highest BCUT2D eigenvalue weighted by molar-refractivity contribution is 7.89. The summed E-state index contributed by atoms with van der Waals surface area (Å²) in [6.07, 6.45) is 0. The standard InChI is InChI=1S/C14H26N2O3S2/c1-11(2)9-16(7-6-15(4)5)21(18,19)14-8-13(10-17)20-12(14)3/h8,11,17H,6-7,9-10H2,1-5H3. The molecule has 0 bridgehead atoms. The number of aliphatic hydroxyl groups excluding tert-OH is 1. The molecule has 0 unspecified atom stereocenters. The van der Waals surface area contributed by atoms with Crippen LogP contribution in [0.4, 0.5) is 0 Å². The lowest BCUT2D eigenvalue weighted by Gasteiger charge is -2.25. The number of likely N-dealkylation sites (N-methyl/N-ethyl adjacent to an activating group) is 1. The third-order valence-electron chi connectivity index (χ3n) is 3.06. The zero-order valence-electron chi connectivity index (χ0n) is 13.5. The summed E-state index contributed by atoms with van der Waals surface area (Å²) in [4.78, 5) is 3.72. The monoisotopic (exact) mass is 334 g/mol. The van der Waals surface area contributed by atoms with E-state index in [0.29, 0.717) is 29.4 Å². The van der Waals surface area contributed by atoms with Gasteiger partial charge in [0, 0.05) is 29.4 Å². The summed E-state index contributed by atoms with van der Waals surface area (Å²) in [6.45, 7) is 7.34. The van der Waals surface area contributed by atoms with E-state index in [0.717, 1.165) is 4.88 Å². The van der Waals surface area contributed by atoms with Gasteiger partial charge < -0.3 is 10.0 Å². The van der Waals surface area contributed by atoms with Gasteiger partial charge in [0.1, 0.15) is 0 Å². The van der Waals surface area contributed by atoms with Gasteiger partial charge in [-0.1, -0.05) is 13.8 Å². The van der Waals surface area contributed by atoms with Gasteiger partial charge in [0.25, 0.3) is 0 Å². The van der Waals surface area contributed by atoms with E-state index < -0.39 is 10.0 Å². The zero-order valence-corrected chi connectivity index (χ0v) is 15.1. The van der Waals surface area contributed by atoms with Crippen molar-refractivity contribution in [2.75, 3.05) is 33.7 Å². The van der Waals surface area contributed by atoms with Crippen LogP contribution in [0, 0.1) is 12.8 Å². The Labute approximate surface area is 132 Å². The number of rotatable bonds is 8. The van der Waals surface area contributed by atoms with Gasteiger partial charge in [0.15, 0.2) is 0 Å². The van der Waals surface area contributed by atoms with E-state index in [1.807, 2.05) is 32.8 Å². The first-order valence-corrected chi connectivity index (χ1v) is 9.29. The van der Waals surface area contributed by atoms with E-state index in [1.54, 1.807) is 17.3 Å². The summed E-state index contributed by atoms with van der Waals surface area (Å²) < 4.78 is 27.3. The van der Waals surface area contributed by atoms with Crippen LogP contribution in [0.15, 0.2) is 11.0 Å². The van der Waals surface area contributed by atoms with Gasteiger partial charge >= 0.3 is 0 Å². The van der Waals surface area contributed by atoms with E-state index >= 15 is 0 Å². The van der Waals surface area contributed by atoms with Gasteiger partial charge in [-0.25, -0.2) is 8.42 Å². The minimum Gasteiger partial charge on any atom is -0.391 e. The molecule has 0 atom stereocenters. The fraction of sp³-hybridized carbons (Fsp3) is 0.714. The van der Waals surface area contributed by atoms with E-state index in [-0.39, 0.29) is 12.5 Å². The molecule has 1 aromatic heterocycles. The molecule has 0 fully saturated rings. The topological polar surface area (TPSA) is 60.9 Å². The van der Waals surface area contributed by atoms with E-state index in [4.69, 9.17) is 0 Å².